The number of rotatable bonds is 2. The molecular weight excluding hydrogens is 204 g/mol. The number of amides is 1. The summed E-state index contributed by atoms with van der Waals surface area (Å²) in [7, 11) is -3.20. The number of hydrogen-bond acceptors (Lipinski definition) is 3. The van der Waals surface area contributed by atoms with Gasteiger partial charge in [-0.3, -0.25) is 4.79 Å². The van der Waals surface area contributed by atoms with Gasteiger partial charge in [0.2, 0.25) is 15.9 Å². The molecule has 0 aromatic rings. The Morgan fingerprint density at radius 1 is 1.43 bits per heavy atom. The minimum absolute atomic E-state index is 0.194. The van der Waals surface area contributed by atoms with Crippen LogP contribution in [0.1, 0.15) is 19.8 Å². The average molecular weight is 218 g/mol. The molecule has 0 radical (unpaired) electrons. The second-order valence-electron chi connectivity index (χ2n) is 3.82. The van der Waals surface area contributed by atoms with E-state index in [4.69, 9.17) is 0 Å². The molecule has 2 rings (SSSR count). The van der Waals surface area contributed by atoms with Gasteiger partial charge in [-0.15, -0.1) is 0 Å². The van der Waals surface area contributed by atoms with Gasteiger partial charge in [0, 0.05) is 13.1 Å². The van der Waals surface area contributed by atoms with Gasteiger partial charge < -0.3 is 5.32 Å². The van der Waals surface area contributed by atoms with Crippen LogP contribution >= 0.6 is 0 Å². The summed E-state index contributed by atoms with van der Waals surface area (Å²) in [6, 6.07) is -0.547. The third-order valence-electron chi connectivity index (χ3n) is 2.72. The smallest absolute Gasteiger partial charge is 0.238 e. The molecule has 2 aliphatic rings. The van der Waals surface area contributed by atoms with Crippen molar-refractivity contribution in [3.63, 3.8) is 0 Å². The Morgan fingerprint density at radius 3 is 2.64 bits per heavy atom. The predicted molar refractivity (Wildman–Crippen MR) is 51.1 cm³/mol. The van der Waals surface area contributed by atoms with Crippen molar-refractivity contribution in [2.45, 2.75) is 31.1 Å². The van der Waals surface area contributed by atoms with Gasteiger partial charge in [-0.2, -0.15) is 4.31 Å². The summed E-state index contributed by atoms with van der Waals surface area (Å²) in [5.41, 5.74) is 0. The molecule has 1 heterocycles. The second-order valence-corrected chi connectivity index (χ2v) is 5.99. The molecule has 1 saturated heterocycles. The molecule has 1 aliphatic carbocycles. The molecule has 1 unspecified atom stereocenters. The first kappa shape index (κ1) is 9.92. The van der Waals surface area contributed by atoms with Crippen LogP contribution < -0.4 is 5.32 Å². The van der Waals surface area contributed by atoms with Gasteiger partial charge in [-0.25, -0.2) is 8.42 Å². The summed E-state index contributed by atoms with van der Waals surface area (Å²) >= 11 is 0. The van der Waals surface area contributed by atoms with Crippen LogP contribution in [0.5, 0.6) is 0 Å². The molecule has 1 aliphatic heterocycles. The first-order valence-electron chi connectivity index (χ1n) is 4.82. The number of nitrogens with one attached hydrogen (secondary N) is 1. The summed E-state index contributed by atoms with van der Waals surface area (Å²) < 4.78 is 25.0. The van der Waals surface area contributed by atoms with E-state index in [2.05, 4.69) is 5.32 Å². The van der Waals surface area contributed by atoms with E-state index in [1.807, 2.05) is 0 Å². The first-order chi connectivity index (χ1) is 6.53. The molecule has 0 aromatic carbocycles. The van der Waals surface area contributed by atoms with Crippen molar-refractivity contribution in [3.8, 4) is 0 Å². The fraction of sp³-hybridized carbons (Fsp3) is 0.875. The SMILES string of the molecule is CC1C(=O)NCCN1S(=O)(=O)C1CC1. The lowest BCUT2D eigenvalue weighted by Gasteiger charge is -2.31. The van der Waals surface area contributed by atoms with Gasteiger partial charge in [0.05, 0.1) is 5.25 Å². The topological polar surface area (TPSA) is 66.5 Å². The summed E-state index contributed by atoms with van der Waals surface area (Å²) in [6.07, 6.45) is 1.49. The number of carbonyl (C=O) groups is 1. The Balaban J connectivity index is 2.20. The normalized spacial score (nSPS) is 30.1. The van der Waals surface area contributed by atoms with E-state index < -0.39 is 16.1 Å². The lowest BCUT2D eigenvalue weighted by atomic mass is 10.2. The van der Waals surface area contributed by atoms with Crippen molar-refractivity contribution in [1.29, 1.82) is 0 Å². The standard InChI is InChI=1S/C8H14N2O3S/c1-6-8(11)9-4-5-10(6)14(12,13)7-2-3-7/h6-7H,2-5H2,1H3,(H,9,11). The van der Waals surface area contributed by atoms with Gasteiger partial charge in [0.15, 0.2) is 0 Å². The Hall–Kier alpha value is -0.620. The van der Waals surface area contributed by atoms with Crippen LogP contribution in [-0.2, 0) is 14.8 Å². The van der Waals surface area contributed by atoms with Crippen LogP contribution in [0.2, 0.25) is 0 Å². The number of sulfonamides is 1. The Morgan fingerprint density at radius 2 is 2.07 bits per heavy atom. The highest BCUT2D eigenvalue weighted by molar-refractivity contribution is 7.90. The predicted octanol–water partition coefficient (Wildman–Crippen LogP) is -0.701. The zero-order chi connectivity index (χ0) is 10.3. The quantitative estimate of drug-likeness (QED) is 0.666. The summed E-state index contributed by atoms with van der Waals surface area (Å²) in [5.74, 6) is -0.194. The molecule has 1 atom stereocenters. The summed E-state index contributed by atoms with van der Waals surface area (Å²) in [5, 5.41) is 2.42. The van der Waals surface area contributed by atoms with E-state index in [0.29, 0.717) is 13.1 Å². The first-order valence-corrected chi connectivity index (χ1v) is 6.32. The van der Waals surface area contributed by atoms with Gasteiger partial charge in [0.25, 0.3) is 0 Å². The molecular formula is C8H14N2O3S. The van der Waals surface area contributed by atoms with Gasteiger partial charge >= 0.3 is 0 Å². The monoisotopic (exact) mass is 218 g/mol. The fourth-order valence-corrected chi connectivity index (χ4v) is 3.66. The van der Waals surface area contributed by atoms with Crippen molar-refractivity contribution in [2.75, 3.05) is 13.1 Å². The van der Waals surface area contributed by atoms with Crippen LogP contribution in [0.4, 0.5) is 0 Å². The van der Waals surface area contributed by atoms with Gasteiger partial charge in [-0.1, -0.05) is 0 Å². The molecule has 0 spiro atoms. The number of hydrogen-bond donors (Lipinski definition) is 1. The molecule has 1 saturated carbocycles. The Kier molecular flexibility index (Phi) is 2.27. The zero-order valence-electron chi connectivity index (χ0n) is 8.06. The van der Waals surface area contributed by atoms with E-state index in [-0.39, 0.29) is 11.2 Å². The van der Waals surface area contributed by atoms with E-state index in [1.54, 1.807) is 6.92 Å². The van der Waals surface area contributed by atoms with E-state index in [0.717, 1.165) is 12.8 Å². The number of carbonyl (C=O) groups excluding carboxylic acids is 1. The van der Waals surface area contributed by atoms with Crippen molar-refractivity contribution in [1.82, 2.24) is 9.62 Å². The highest BCUT2D eigenvalue weighted by atomic mass is 32.2. The average Bonchev–Trinajstić information content (AvgIpc) is 2.92. The highest BCUT2D eigenvalue weighted by Crippen LogP contribution is 2.32. The molecule has 1 N–H and O–H groups in total. The molecule has 1 amide bonds. The van der Waals surface area contributed by atoms with E-state index >= 15 is 0 Å². The zero-order valence-corrected chi connectivity index (χ0v) is 8.88. The maximum Gasteiger partial charge on any atom is 0.238 e. The maximum absolute atomic E-state index is 11.8. The molecule has 5 nitrogen and oxygen atoms in total. The lowest BCUT2D eigenvalue weighted by Crippen LogP contribution is -2.56. The minimum Gasteiger partial charge on any atom is -0.353 e. The largest absolute Gasteiger partial charge is 0.353 e. The van der Waals surface area contributed by atoms with Crippen LogP contribution in [0.3, 0.4) is 0 Å². The van der Waals surface area contributed by atoms with Crippen LogP contribution in [-0.4, -0.2) is 43.0 Å². The minimum atomic E-state index is -3.20. The summed E-state index contributed by atoms with van der Waals surface area (Å²) in [4.78, 5) is 11.3. The Labute approximate surface area is 83.5 Å². The third kappa shape index (κ3) is 1.52. The van der Waals surface area contributed by atoms with E-state index in [1.165, 1.54) is 4.31 Å². The lowest BCUT2D eigenvalue weighted by molar-refractivity contribution is -0.126. The number of piperazine rings is 1. The third-order valence-corrected chi connectivity index (χ3v) is 5.18. The maximum atomic E-state index is 11.8. The van der Waals surface area contributed by atoms with Crippen LogP contribution in [0, 0.1) is 0 Å². The fourth-order valence-electron chi connectivity index (χ4n) is 1.67. The van der Waals surface area contributed by atoms with Crippen LogP contribution in [0.15, 0.2) is 0 Å². The molecule has 0 bridgehead atoms. The van der Waals surface area contributed by atoms with Crippen molar-refractivity contribution >= 4 is 15.9 Å². The molecule has 14 heavy (non-hydrogen) atoms. The molecule has 80 valence electrons. The molecule has 2 fully saturated rings. The van der Waals surface area contributed by atoms with Gasteiger partial charge in [-0.05, 0) is 19.8 Å². The van der Waals surface area contributed by atoms with Gasteiger partial charge in [0.1, 0.15) is 6.04 Å². The molecule has 0 aromatic heterocycles. The van der Waals surface area contributed by atoms with Crippen molar-refractivity contribution < 1.29 is 13.2 Å². The van der Waals surface area contributed by atoms with Crippen LogP contribution in [0.25, 0.3) is 0 Å². The highest BCUT2D eigenvalue weighted by Gasteiger charge is 2.44. The van der Waals surface area contributed by atoms with E-state index in [9.17, 15) is 13.2 Å². The Bertz CT molecular complexity index is 348. The number of nitrogens with zero attached hydrogens (tertiary/aromatic N) is 1. The summed E-state index contributed by atoms with van der Waals surface area (Å²) in [6.45, 7) is 2.47. The molecule has 6 heteroatoms. The van der Waals surface area contributed by atoms with Crippen molar-refractivity contribution in [3.05, 3.63) is 0 Å². The van der Waals surface area contributed by atoms with Crippen molar-refractivity contribution in [2.24, 2.45) is 0 Å². The second kappa shape index (κ2) is 3.20.